The summed E-state index contributed by atoms with van der Waals surface area (Å²) in [5.41, 5.74) is 0.871. The number of benzene rings is 1. The summed E-state index contributed by atoms with van der Waals surface area (Å²) >= 11 is 0. The molecule has 19 heavy (non-hydrogen) atoms. The van der Waals surface area contributed by atoms with E-state index in [0.29, 0.717) is 11.1 Å². The molecule has 0 spiro atoms. The van der Waals surface area contributed by atoms with Gasteiger partial charge < -0.3 is 15.1 Å². The molecule has 2 N–H and O–H groups in total. The van der Waals surface area contributed by atoms with Crippen LogP contribution in [0.5, 0.6) is 0 Å². The van der Waals surface area contributed by atoms with Crippen LogP contribution in [0.1, 0.15) is 29.8 Å². The Morgan fingerprint density at radius 1 is 1.26 bits per heavy atom. The molecular formula is C14H19NO4. The number of rotatable bonds is 6. The Morgan fingerprint density at radius 3 is 2.42 bits per heavy atom. The van der Waals surface area contributed by atoms with Crippen molar-refractivity contribution in [2.75, 3.05) is 13.2 Å². The van der Waals surface area contributed by atoms with Crippen molar-refractivity contribution in [3.05, 3.63) is 35.4 Å². The molecule has 0 aliphatic carbocycles. The molecule has 0 saturated carbocycles. The fraction of sp³-hybridized carbons (Fsp3) is 0.429. The van der Waals surface area contributed by atoms with E-state index in [1.807, 2.05) is 13.8 Å². The van der Waals surface area contributed by atoms with Crippen molar-refractivity contribution in [1.29, 1.82) is 0 Å². The van der Waals surface area contributed by atoms with Crippen molar-refractivity contribution in [3.8, 4) is 0 Å². The van der Waals surface area contributed by atoms with E-state index in [9.17, 15) is 9.59 Å². The first-order chi connectivity index (χ1) is 8.97. The summed E-state index contributed by atoms with van der Waals surface area (Å²) in [6.45, 7) is 3.82. The van der Waals surface area contributed by atoms with Crippen LogP contribution in [0.3, 0.4) is 0 Å². The number of aliphatic hydroxyl groups excluding tert-OH is 1. The highest BCUT2D eigenvalue weighted by atomic mass is 16.4. The van der Waals surface area contributed by atoms with Gasteiger partial charge in [0.2, 0.25) is 0 Å². The van der Waals surface area contributed by atoms with Crippen molar-refractivity contribution in [2.24, 2.45) is 0 Å². The lowest BCUT2D eigenvalue weighted by molar-refractivity contribution is -0.136. The molecular weight excluding hydrogens is 246 g/mol. The molecule has 1 aromatic rings. The lowest BCUT2D eigenvalue weighted by atomic mass is 10.0. The third-order valence-corrected chi connectivity index (χ3v) is 2.81. The van der Waals surface area contributed by atoms with E-state index in [1.54, 1.807) is 24.3 Å². The molecule has 0 radical (unpaired) electrons. The average Bonchev–Trinajstić information content (AvgIpc) is 2.34. The summed E-state index contributed by atoms with van der Waals surface area (Å²) in [6.07, 6.45) is -0.188. The van der Waals surface area contributed by atoms with Gasteiger partial charge in [-0.05, 0) is 25.5 Å². The second-order valence-electron chi connectivity index (χ2n) is 4.54. The molecule has 0 aliphatic heterocycles. The topological polar surface area (TPSA) is 77.8 Å². The maximum absolute atomic E-state index is 12.4. The van der Waals surface area contributed by atoms with Crippen LogP contribution in [0.25, 0.3) is 0 Å². The number of hydrogen-bond acceptors (Lipinski definition) is 3. The molecule has 0 unspecified atom stereocenters. The minimum atomic E-state index is -0.974. The highest BCUT2D eigenvalue weighted by Gasteiger charge is 2.21. The van der Waals surface area contributed by atoms with E-state index in [0.717, 1.165) is 0 Å². The van der Waals surface area contributed by atoms with E-state index in [4.69, 9.17) is 10.2 Å². The maximum atomic E-state index is 12.4. The van der Waals surface area contributed by atoms with Crippen LogP contribution in [0.4, 0.5) is 0 Å². The van der Waals surface area contributed by atoms with Gasteiger partial charge in [-0.3, -0.25) is 9.59 Å². The van der Waals surface area contributed by atoms with Crippen molar-refractivity contribution >= 4 is 11.9 Å². The first-order valence-corrected chi connectivity index (χ1v) is 6.19. The Bertz CT molecular complexity index is 457. The first kappa shape index (κ1) is 15.2. The van der Waals surface area contributed by atoms with E-state index in [1.165, 1.54) is 4.90 Å². The molecule has 0 atom stereocenters. The molecule has 104 valence electrons. The quantitative estimate of drug-likeness (QED) is 0.809. The fourth-order valence-electron chi connectivity index (χ4n) is 1.90. The molecule has 1 rings (SSSR count). The van der Waals surface area contributed by atoms with Crippen molar-refractivity contribution in [1.82, 2.24) is 4.90 Å². The normalized spacial score (nSPS) is 10.5. The fourth-order valence-corrected chi connectivity index (χ4v) is 1.90. The van der Waals surface area contributed by atoms with Crippen molar-refractivity contribution in [3.63, 3.8) is 0 Å². The predicted molar refractivity (Wildman–Crippen MR) is 71.0 cm³/mol. The van der Waals surface area contributed by atoms with Gasteiger partial charge in [0.25, 0.3) is 5.91 Å². The van der Waals surface area contributed by atoms with E-state index < -0.39 is 5.97 Å². The van der Waals surface area contributed by atoms with Crippen LogP contribution in [-0.2, 0) is 11.2 Å². The van der Waals surface area contributed by atoms with Gasteiger partial charge >= 0.3 is 5.97 Å². The average molecular weight is 265 g/mol. The lowest BCUT2D eigenvalue weighted by Gasteiger charge is -2.26. The van der Waals surface area contributed by atoms with E-state index >= 15 is 0 Å². The highest BCUT2D eigenvalue weighted by Crippen LogP contribution is 2.14. The zero-order valence-corrected chi connectivity index (χ0v) is 11.2. The van der Waals surface area contributed by atoms with Crippen molar-refractivity contribution < 1.29 is 19.8 Å². The number of amides is 1. The number of hydrogen-bond donors (Lipinski definition) is 2. The van der Waals surface area contributed by atoms with Gasteiger partial charge in [-0.2, -0.15) is 0 Å². The molecule has 1 aromatic carbocycles. The van der Waals surface area contributed by atoms with Crippen LogP contribution in [0.2, 0.25) is 0 Å². The first-order valence-electron chi connectivity index (χ1n) is 6.19. The summed E-state index contributed by atoms with van der Waals surface area (Å²) < 4.78 is 0. The van der Waals surface area contributed by atoms with Crippen LogP contribution in [0.15, 0.2) is 24.3 Å². The number of carboxylic acid groups (broad SMARTS) is 1. The second-order valence-corrected chi connectivity index (χ2v) is 4.54. The highest BCUT2D eigenvalue weighted by molar-refractivity contribution is 5.96. The second kappa shape index (κ2) is 6.89. The van der Waals surface area contributed by atoms with Gasteiger partial charge in [0, 0.05) is 18.2 Å². The Hall–Kier alpha value is -1.88. The summed E-state index contributed by atoms with van der Waals surface area (Å²) in [7, 11) is 0. The van der Waals surface area contributed by atoms with Crippen LogP contribution in [0, 0.1) is 0 Å². The Labute approximate surface area is 112 Å². The Kier molecular flexibility index (Phi) is 5.51. The smallest absolute Gasteiger partial charge is 0.307 e. The zero-order chi connectivity index (χ0) is 14.4. The minimum absolute atomic E-state index is 0.0578. The van der Waals surface area contributed by atoms with Crippen molar-refractivity contribution in [2.45, 2.75) is 26.3 Å². The SMILES string of the molecule is CC(C)N(CCO)C(=O)c1ccccc1CC(=O)O. The summed E-state index contributed by atoms with van der Waals surface area (Å²) in [6, 6.07) is 6.61. The third kappa shape index (κ3) is 4.06. The third-order valence-electron chi connectivity index (χ3n) is 2.81. The number of aliphatic carboxylic acids is 1. The van der Waals surface area contributed by atoms with E-state index in [2.05, 4.69) is 0 Å². The number of aliphatic hydroxyl groups is 1. The molecule has 5 heteroatoms. The molecule has 0 aromatic heterocycles. The van der Waals surface area contributed by atoms with Gasteiger partial charge in [0.05, 0.1) is 13.0 Å². The molecule has 0 aliphatic rings. The predicted octanol–water partition coefficient (Wildman–Crippen LogP) is 1.16. The zero-order valence-electron chi connectivity index (χ0n) is 11.2. The lowest BCUT2D eigenvalue weighted by Crippen LogP contribution is -2.39. The Morgan fingerprint density at radius 2 is 1.89 bits per heavy atom. The van der Waals surface area contributed by atoms with Crippen LogP contribution in [-0.4, -0.2) is 46.2 Å². The Balaban J connectivity index is 3.06. The summed E-state index contributed by atoms with van der Waals surface area (Å²) in [5.74, 6) is -1.22. The monoisotopic (exact) mass is 265 g/mol. The van der Waals surface area contributed by atoms with Gasteiger partial charge in [0.1, 0.15) is 0 Å². The van der Waals surface area contributed by atoms with Crippen LogP contribution < -0.4 is 0 Å². The number of carboxylic acids is 1. The summed E-state index contributed by atoms with van der Waals surface area (Å²) in [4.78, 5) is 24.7. The number of carbonyl (C=O) groups is 2. The van der Waals surface area contributed by atoms with E-state index in [-0.39, 0.29) is 31.5 Å². The molecule has 0 fully saturated rings. The number of carbonyl (C=O) groups excluding carboxylic acids is 1. The summed E-state index contributed by atoms with van der Waals surface area (Å²) in [5, 5.41) is 17.9. The number of nitrogens with zero attached hydrogens (tertiary/aromatic N) is 1. The molecule has 0 bridgehead atoms. The minimum Gasteiger partial charge on any atom is -0.481 e. The molecule has 1 amide bonds. The van der Waals surface area contributed by atoms with Gasteiger partial charge in [-0.25, -0.2) is 0 Å². The molecule has 0 heterocycles. The van der Waals surface area contributed by atoms with Gasteiger partial charge in [-0.1, -0.05) is 18.2 Å². The molecule has 5 nitrogen and oxygen atoms in total. The largest absolute Gasteiger partial charge is 0.481 e. The van der Waals surface area contributed by atoms with Gasteiger partial charge in [0.15, 0.2) is 0 Å². The standard InChI is InChI=1S/C14H19NO4/c1-10(2)15(7-8-16)14(19)12-6-4-3-5-11(12)9-13(17)18/h3-6,10,16H,7-9H2,1-2H3,(H,17,18). The van der Waals surface area contributed by atoms with Crippen LogP contribution >= 0.6 is 0 Å². The molecule has 0 saturated heterocycles. The maximum Gasteiger partial charge on any atom is 0.307 e. The van der Waals surface area contributed by atoms with Gasteiger partial charge in [-0.15, -0.1) is 0 Å².